The molecule has 1 aliphatic carbocycles. The van der Waals surface area contributed by atoms with E-state index >= 15 is 0 Å². The van der Waals surface area contributed by atoms with Crippen molar-refractivity contribution in [2.75, 3.05) is 16.3 Å². The predicted molar refractivity (Wildman–Crippen MR) is 267 cm³/mol. The standard InChI is InChI=1S/C60H50N2/c1-5-13-42-24-25-45-15-7-11-20-59(45)62(40(42)2)50-30-28-46-37-48(27-26-47(46)38-50)52-33-29-43(51-17-8-9-18-53(51)52)23-21-41-22-32-54-55-34-31-49(39-57(55)60(3,4)56(54)36-41)61-35-12-16-44-14-6-10-19-58(44)61/h5-11,13-15,17-34,36-39H,12,16,35H2,1-4H3. The number of fused-ring (bicyclic) bond motifs is 7. The van der Waals surface area contributed by atoms with E-state index in [4.69, 9.17) is 0 Å². The molecule has 0 N–H and O–H groups in total. The van der Waals surface area contributed by atoms with Gasteiger partial charge in [0.05, 0.1) is 5.69 Å². The molecule has 0 saturated carbocycles. The van der Waals surface area contributed by atoms with Gasteiger partial charge < -0.3 is 9.80 Å². The quantitative estimate of drug-likeness (QED) is 0.155. The summed E-state index contributed by atoms with van der Waals surface area (Å²) in [5.41, 5.74) is 20.4. The smallest absolute Gasteiger partial charge is 0.0530 e. The zero-order valence-corrected chi connectivity index (χ0v) is 36.0. The van der Waals surface area contributed by atoms with Gasteiger partial charge in [0.25, 0.3) is 0 Å². The third-order valence-electron chi connectivity index (χ3n) is 13.6. The maximum absolute atomic E-state index is 2.52. The van der Waals surface area contributed by atoms with Crippen molar-refractivity contribution in [1.82, 2.24) is 0 Å². The molecule has 2 nitrogen and oxygen atoms in total. The van der Waals surface area contributed by atoms with Crippen LogP contribution < -0.4 is 9.80 Å². The second kappa shape index (κ2) is 15.1. The summed E-state index contributed by atoms with van der Waals surface area (Å²) in [6.07, 6.45) is 15.7. The first kappa shape index (κ1) is 37.8. The monoisotopic (exact) mass is 798 g/mol. The second-order valence-electron chi connectivity index (χ2n) is 17.6. The molecule has 11 rings (SSSR count). The van der Waals surface area contributed by atoms with Crippen LogP contribution in [0.1, 0.15) is 67.5 Å². The normalized spacial score (nSPS) is 15.4. The van der Waals surface area contributed by atoms with E-state index < -0.39 is 0 Å². The van der Waals surface area contributed by atoms with E-state index in [0.29, 0.717) is 0 Å². The zero-order valence-electron chi connectivity index (χ0n) is 36.0. The Kier molecular flexibility index (Phi) is 9.20. The van der Waals surface area contributed by atoms with Gasteiger partial charge in [-0.25, -0.2) is 0 Å². The lowest BCUT2D eigenvalue weighted by Crippen LogP contribution is -2.25. The predicted octanol–water partition coefficient (Wildman–Crippen LogP) is 16.2. The Morgan fingerprint density at radius 1 is 0.565 bits per heavy atom. The molecule has 0 unspecified atom stereocenters. The molecule has 3 aliphatic rings. The second-order valence-corrected chi connectivity index (χ2v) is 17.6. The van der Waals surface area contributed by atoms with Gasteiger partial charge in [0.2, 0.25) is 0 Å². The molecule has 0 fully saturated rings. The van der Waals surface area contributed by atoms with E-state index in [-0.39, 0.29) is 5.41 Å². The fourth-order valence-electron chi connectivity index (χ4n) is 10.4. The first-order valence-electron chi connectivity index (χ1n) is 22.2. The van der Waals surface area contributed by atoms with Crippen molar-refractivity contribution in [3.05, 3.63) is 221 Å². The van der Waals surface area contributed by atoms with Crippen LogP contribution in [0.4, 0.5) is 22.7 Å². The Morgan fingerprint density at radius 3 is 2.15 bits per heavy atom. The van der Waals surface area contributed by atoms with Gasteiger partial charge in [0.1, 0.15) is 0 Å². The minimum Gasteiger partial charge on any atom is -0.341 e. The topological polar surface area (TPSA) is 6.48 Å². The van der Waals surface area contributed by atoms with Crippen molar-refractivity contribution in [3.63, 3.8) is 0 Å². The number of rotatable bonds is 6. The van der Waals surface area contributed by atoms with Crippen molar-refractivity contribution >= 4 is 62.5 Å². The fraction of sp³-hybridized carbons (Fsp3) is 0.133. The van der Waals surface area contributed by atoms with Gasteiger partial charge in [0.15, 0.2) is 0 Å². The summed E-state index contributed by atoms with van der Waals surface area (Å²) in [4.78, 5) is 4.91. The minimum atomic E-state index is -0.100. The molecule has 0 spiro atoms. The molecule has 0 radical (unpaired) electrons. The minimum absolute atomic E-state index is 0.100. The van der Waals surface area contributed by atoms with Crippen molar-refractivity contribution in [2.45, 2.75) is 46.0 Å². The van der Waals surface area contributed by atoms with Crippen LogP contribution in [0.5, 0.6) is 0 Å². The number of benzene rings is 8. The maximum atomic E-state index is 2.52. The Bertz CT molecular complexity index is 3220. The molecule has 2 heterocycles. The van der Waals surface area contributed by atoms with Gasteiger partial charge in [-0.1, -0.05) is 166 Å². The SMILES string of the molecule is CC=CC1=C(C)N(c2ccc3cc(-c4ccc(C=Cc5ccc6c(c5)C(C)(C)c5cc(N7CCCc8ccccc87)ccc5-6)c5ccccc45)ccc3c2)c2ccccc2C=C1. The van der Waals surface area contributed by atoms with Gasteiger partial charge in [-0.3, -0.25) is 0 Å². The molecule has 0 saturated heterocycles. The summed E-state index contributed by atoms with van der Waals surface area (Å²) in [5, 5.41) is 4.96. The van der Waals surface area contributed by atoms with Crippen LogP contribution >= 0.6 is 0 Å². The number of aryl methyl sites for hydroxylation is 1. The lowest BCUT2D eigenvalue weighted by molar-refractivity contribution is 0.659. The van der Waals surface area contributed by atoms with Crippen molar-refractivity contribution in [1.29, 1.82) is 0 Å². The van der Waals surface area contributed by atoms with Gasteiger partial charge in [0, 0.05) is 34.7 Å². The summed E-state index contributed by atoms with van der Waals surface area (Å²) in [7, 11) is 0. The highest BCUT2D eigenvalue weighted by Crippen LogP contribution is 2.51. The van der Waals surface area contributed by atoms with Crippen LogP contribution in [-0.2, 0) is 11.8 Å². The highest BCUT2D eigenvalue weighted by Gasteiger charge is 2.36. The molecule has 0 amide bonds. The van der Waals surface area contributed by atoms with Gasteiger partial charge in [-0.15, -0.1) is 0 Å². The molecule has 0 atom stereocenters. The highest BCUT2D eigenvalue weighted by atomic mass is 15.2. The number of nitrogens with zero attached hydrogens (tertiary/aromatic N) is 2. The largest absolute Gasteiger partial charge is 0.341 e. The molecule has 8 aromatic rings. The van der Waals surface area contributed by atoms with Crippen molar-refractivity contribution in [2.24, 2.45) is 0 Å². The average Bonchev–Trinajstić information content (AvgIpc) is 3.43. The Balaban J connectivity index is 0.887. The van der Waals surface area contributed by atoms with E-state index in [1.165, 1.54) is 112 Å². The average molecular weight is 799 g/mol. The van der Waals surface area contributed by atoms with E-state index in [2.05, 4.69) is 232 Å². The summed E-state index contributed by atoms with van der Waals surface area (Å²) >= 11 is 0. The first-order chi connectivity index (χ1) is 30.4. The Labute approximate surface area is 366 Å². The molecule has 2 heteroatoms. The van der Waals surface area contributed by atoms with Crippen LogP contribution in [-0.4, -0.2) is 6.54 Å². The maximum Gasteiger partial charge on any atom is 0.0530 e. The molecular formula is C60H50N2. The number of hydrogen-bond donors (Lipinski definition) is 0. The van der Waals surface area contributed by atoms with E-state index in [1.807, 2.05) is 0 Å². The van der Waals surface area contributed by atoms with Crippen LogP contribution in [0.2, 0.25) is 0 Å². The molecule has 300 valence electrons. The van der Waals surface area contributed by atoms with Crippen LogP contribution in [0, 0.1) is 0 Å². The molecule has 8 aromatic carbocycles. The Morgan fingerprint density at radius 2 is 1.27 bits per heavy atom. The van der Waals surface area contributed by atoms with Gasteiger partial charge in [-0.05, 0) is 152 Å². The van der Waals surface area contributed by atoms with E-state index in [9.17, 15) is 0 Å². The summed E-state index contributed by atoms with van der Waals surface area (Å²) in [6, 6.07) is 59.0. The molecule has 62 heavy (non-hydrogen) atoms. The molecular weight excluding hydrogens is 749 g/mol. The van der Waals surface area contributed by atoms with Gasteiger partial charge >= 0.3 is 0 Å². The fourth-order valence-corrected chi connectivity index (χ4v) is 10.4. The summed E-state index contributed by atoms with van der Waals surface area (Å²) in [6.45, 7) is 10.1. The summed E-state index contributed by atoms with van der Waals surface area (Å²) in [5.74, 6) is 0. The van der Waals surface area contributed by atoms with E-state index in [1.54, 1.807) is 0 Å². The third kappa shape index (κ3) is 6.32. The first-order valence-corrected chi connectivity index (χ1v) is 22.2. The number of anilines is 4. The number of para-hydroxylation sites is 2. The highest BCUT2D eigenvalue weighted by molar-refractivity contribution is 6.04. The van der Waals surface area contributed by atoms with E-state index in [0.717, 1.165) is 18.7 Å². The lowest BCUT2D eigenvalue weighted by Gasteiger charge is -2.32. The zero-order chi connectivity index (χ0) is 42.0. The van der Waals surface area contributed by atoms with Crippen molar-refractivity contribution in [3.8, 4) is 22.3 Å². The third-order valence-corrected chi connectivity index (χ3v) is 13.6. The Hall–Kier alpha value is -7.16. The lowest BCUT2D eigenvalue weighted by atomic mass is 9.81. The van der Waals surface area contributed by atoms with Crippen LogP contribution in [0.15, 0.2) is 187 Å². The number of hydrogen-bond acceptors (Lipinski definition) is 2. The van der Waals surface area contributed by atoms with Crippen molar-refractivity contribution < 1.29 is 0 Å². The molecule has 0 bridgehead atoms. The molecule has 0 aromatic heterocycles. The molecule has 2 aliphatic heterocycles. The van der Waals surface area contributed by atoms with Gasteiger partial charge in [-0.2, -0.15) is 0 Å². The van der Waals surface area contributed by atoms with Crippen LogP contribution in [0.25, 0.3) is 62.0 Å². The number of allylic oxidation sites excluding steroid dienone is 5. The van der Waals surface area contributed by atoms with Crippen LogP contribution in [0.3, 0.4) is 0 Å². The summed E-state index contributed by atoms with van der Waals surface area (Å²) < 4.78 is 0.